The highest BCUT2D eigenvalue weighted by atomic mass is 19.4. The molecule has 0 bridgehead atoms. The number of aromatic nitrogens is 2. The number of halogens is 4. The maximum absolute atomic E-state index is 13.2. The van der Waals surface area contributed by atoms with E-state index in [2.05, 4.69) is 10.4 Å². The van der Waals surface area contributed by atoms with E-state index in [4.69, 9.17) is 4.74 Å². The lowest BCUT2D eigenvalue weighted by molar-refractivity contribution is -0.139. The molecule has 5 nitrogen and oxygen atoms in total. The summed E-state index contributed by atoms with van der Waals surface area (Å²) < 4.78 is 58.0. The van der Waals surface area contributed by atoms with Crippen LogP contribution >= 0.6 is 0 Å². The molecule has 0 spiro atoms. The summed E-state index contributed by atoms with van der Waals surface area (Å²) in [5.41, 5.74) is -1.60. The second kappa shape index (κ2) is 5.56. The van der Waals surface area contributed by atoms with Gasteiger partial charge in [0.2, 0.25) is 5.88 Å². The molecule has 2 aromatic rings. The lowest BCUT2D eigenvalue weighted by atomic mass is 10.1. The van der Waals surface area contributed by atoms with Crippen LogP contribution in [0.4, 0.5) is 23.2 Å². The molecule has 2 heterocycles. The molecule has 1 aromatic carbocycles. The molecule has 0 saturated heterocycles. The highest BCUT2D eigenvalue weighted by Gasteiger charge is 2.34. The van der Waals surface area contributed by atoms with Crippen molar-refractivity contribution in [2.75, 3.05) is 11.9 Å². The minimum Gasteiger partial charge on any atom is -0.478 e. The number of amides is 1. The fourth-order valence-electron chi connectivity index (χ4n) is 2.19. The third-order valence-corrected chi connectivity index (χ3v) is 3.27. The van der Waals surface area contributed by atoms with E-state index in [1.807, 2.05) is 0 Å². The van der Waals surface area contributed by atoms with Crippen LogP contribution in [0.1, 0.15) is 22.5 Å². The maximum Gasteiger partial charge on any atom is 0.419 e. The number of nitrogens with one attached hydrogen (secondary N) is 1. The van der Waals surface area contributed by atoms with Gasteiger partial charge in [0.25, 0.3) is 5.91 Å². The number of aryl methyl sites for hydroxylation is 1. The van der Waals surface area contributed by atoms with Crippen LogP contribution in [0.25, 0.3) is 0 Å². The number of ether oxygens (including phenoxy) is 1. The lowest BCUT2D eigenvalue weighted by Crippen LogP contribution is -2.16. The molecule has 0 fully saturated rings. The summed E-state index contributed by atoms with van der Waals surface area (Å²) in [5, 5.41) is 6.29. The standard InChI is InChI=1S/C14H11F4N3O2/c15-10-3-2-8(6-9(10)14(16,17)18)19-13(22)11-7-12-21(20-11)4-1-5-23-12/h2-3,6-7H,1,4-5H2,(H,19,22). The first-order valence-electron chi connectivity index (χ1n) is 6.73. The van der Waals surface area contributed by atoms with E-state index in [1.54, 1.807) is 0 Å². The van der Waals surface area contributed by atoms with E-state index in [9.17, 15) is 22.4 Å². The molecule has 0 atom stereocenters. The SMILES string of the molecule is O=C(Nc1ccc(F)c(C(F)(F)F)c1)c1cc2n(n1)CCCO2. The highest BCUT2D eigenvalue weighted by molar-refractivity contribution is 6.03. The third kappa shape index (κ3) is 3.13. The van der Waals surface area contributed by atoms with Gasteiger partial charge >= 0.3 is 6.18 Å². The summed E-state index contributed by atoms with van der Waals surface area (Å²) in [6.07, 6.45) is -4.09. The summed E-state index contributed by atoms with van der Waals surface area (Å²) in [6.45, 7) is 1.11. The molecule has 1 N–H and O–H groups in total. The average Bonchev–Trinajstić information content (AvgIpc) is 2.92. The largest absolute Gasteiger partial charge is 0.478 e. The molecule has 3 rings (SSSR count). The number of carbonyl (C=O) groups is 1. The number of rotatable bonds is 2. The number of nitrogens with zero attached hydrogens (tertiary/aromatic N) is 2. The van der Waals surface area contributed by atoms with Gasteiger partial charge in [-0.15, -0.1) is 0 Å². The zero-order valence-corrected chi connectivity index (χ0v) is 11.7. The van der Waals surface area contributed by atoms with Crippen LogP contribution in [0, 0.1) is 5.82 Å². The molecule has 122 valence electrons. The number of hydrogen-bond donors (Lipinski definition) is 1. The van der Waals surface area contributed by atoms with Crippen LogP contribution in [-0.2, 0) is 12.7 Å². The summed E-state index contributed by atoms with van der Waals surface area (Å²) in [7, 11) is 0. The molecule has 1 aliphatic rings. The summed E-state index contributed by atoms with van der Waals surface area (Å²) in [4.78, 5) is 12.1. The Morgan fingerprint density at radius 2 is 2.09 bits per heavy atom. The van der Waals surface area contributed by atoms with E-state index in [-0.39, 0.29) is 11.4 Å². The Morgan fingerprint density at radius 3 is 2.78 bits per heavy atom. The Morgan fingerprint density at radius 1 is 1.30 bits per heavy atom. The predicted octanol–water partition coefficient (Wildman–Crippen LogP) is 3.08. The first-order valence-corrected chi connectivity index (χ1v) is 6.73. The molecule has 1 aromatic heterocycles. The average molecular weight is 329 g/mol. The highest BCUT2D eigenvalue weighted by Crippen LogP contribution is 2.33. The second-order valence-corrected chi connectivity index (χ2v) is 4.94. The van der Waals surface area contributed by atoms with E-state index in [0.29, 0.717) is 31.2 Å². The molecule has 0 saturated carbocycles. The topological polar surface area (TPSA) is 56.2 Å². The summed E-state index contributed by atoms with van der Waals surface area (Å²) >= 11 is 0. The van der Waals surface area contributed by atoms with Gasteiger partial charge in [0, 0.05) is 24.7 Å². The molecule has 23 heavy (non-hydrogen) atoms. The van der Waals surface area contributed by atoms with Gasteiger partial charge < -0.3 is 10.1 Å². The van der Waals surface area contributed by atoms with Crippen LogP contribution in [0.3, 0.4) is 0 Å². The van der Waals surface area contributed by atoms with Crippen molar-refractivity contribution in [2.24, 2.45) is 0 Å². The van der Waals surface area contributed by atoms with Crippen LogP contribution in [-0.4, -0.2) is 22.3 Å². The van der Waals surface area contributed by atoms with Gasteiger partial charge in [-0.05, 0) is 18.2 Å². The Balaban J connectivity index is 1.81. The van der Waals surface area contributed by atoms with Crippen molar-refractivity contribution < 1.29 is 27.1 Å². The van der Waals surface area contributed by atoms with Crippen molar-refractivity contribution in [1.29, 1.82) is 0 Å². The van der Waals surface area contributed by atoms with Gasteiger partial charge in [0.15, 0.2) is 5.69 Å². The Bertz CT molecular complexity index is 731. The van der Waals surface area contributed by atoms with Crippen molar-refractivity contribution >= 4 is 11.6 Å². The lowest BCUT2D eigenvalue weighted by Gasteiger charge is -2.13. The molecule has 1 amide bonds. The Hall–Kier alpha value is -2.58. The molecular formula is C14H11F4N3O2. The summed E-state index contributed by atoms with van der Waals surface area (Å²) in [6, 6.07) is 3.65. The number of fused-ring (bicyclic) bond motifs is 1. The van der Waals surface area contributed by atoms with Gasteiger partial charge in [-0.2, -0.15) is 18.3 Å². The van der Waals surface area contributed by atoms with E-state index in [1.165, 1.54) is 10.7 Å². The number of carbonyl (C=O) groups excluding carboxylic acids is 1. The van der Waals surface area contributed by atoms with Gasteiger partial charge in [-0.3, -0.25) is 4.79 Å². The van der Waals surface area contributed by atoms with Crippen molar-refractivity contribution in [3.05, 3.63) is 41.3 Å². The van der Waals surface area contributed by atoms with E-state index < -0.39 is 23.5 Å². The van der Waals surface area contributed by atoms with Crippen molar-refractivity contribution in [2.45, 2.75) is 19.1 Å². The zero-order valence-electron chi connectivity index (χ0n) is 11.7. The number of hydrogen-bond acceptors (Lipinski definition) is 3. The quantitative estimate of drug-likeness (QED) is 0.862. The maximum atomic E-state index is 13.2. The Labute approximate surface area is 127 Å². The van der Waals surface area contributed by atoms with Crippen molar-refractivity contribution in [1.82, 2.24) is 9.78 Å². The van der Waals surface area contributed by atoms with E-state index in [0.717, 1.165) is 12.5 Å². The number of alkyl halides is 3. The van der Waals surface area contributed by atoms with Gasteiger partial charge in [0.05, 0.1) is 12.2 Å². The summed E-state index contributed by atoms with van der Waals surface area (Å²) in [5.74, 6) is -1.67. The molecule has 0 radical (unpaired) electrons. The minimum atomic E-state index is -4.84. The third-order valence-electron chi connectivity index (χ3n) is 3.27. The van der Waals surface area contributed by atoms with E-state index >= 15 is 0 Å². The Kier molecular flexibility index (Phi) is 3.70. The monoisotopic (exact) mass is 329 g/mol. The first kappa shape index (κ1) is 15.3. The smallest absolute Gasteiger partial charge is 0.419 e. The van der Waals surface area contributed by atoms with Crippen molar-refractivity contribution in [3.63, 3.8) is 0 Å². The first-order chi connectivity index (χ1) is 10.8. The molecule has 0 unspecified atom stereocenters. The zero-order chi connectivity index (χ0) is 16.6. The van der Waals surface area contributed by atoms with Gasteiger partial charge in [-0.25, -0.2) is 9.07 Å². The van der Waals surface area contributed by atoms with Crippen LogP contribution in [0.5, 0.6) is 5.88 Å². The fourth-order valence-corrected chi connectivity index (χ4v) is 2.19. The normalized spacial score (nSPS) is 14.1. The van der Waals surface area contributed by atoms with Crippen LogP contribution in [0.15, 0.2) is 24.3 Å². The molecular weight excluding hydrogens is 318 g/mol. The molecule has 9 heteroatoms. The molecule has 0 aliphatic carbocycles. The predicted molar refractivity (Wildman–Crippen MR) is 71.7 cm³/mol. The number of benzene rings is 1. The van der Waals surface area contributed by atoms with Gasteiger partial charge in [-0.1, -0.05) is 0 Å². The fraction of sp³-hybridized carbons (Fsp3) is 0.286. The number of anilines is 1. The minimum absolute atomic E-state index is 0.0137. The second-order valence-electron chi connectivity index (χ2n) is 4.94. The molecule has 1 aliphatic heterocycles. The van der Waals surface area contributed by atoms with Gasteiger partial charge in [0.1, 0.15) is 5.82 Å². The van der Waals surface area contributed by atoms with Crippen LogP contribution in [0.2, 0.25) is 0 Å². The van der Waals surface area contributed by atoms with Crippen LogP contribution < -0.4 is 10.1 Å². The van der Waals surface area contributed by atoms with Crippen molar-refractivity contribution in [3.8, 4) is 5.88 Å².